The van der Waals surface area contributed by atoms with E-state index in [4.69, 9.17) is 5.73 Å². The summed E-state index contributed by atoms with van der Waals surface area (Å²) in [6, 6.07) is 9.06. The van der Waals surface area contributed by atoms with E-state index in [-0.39, 0.29) is 11.5 Å². The van der Waals surface area contributed by atoms with Gasteiger partial charge >= 0.3 is 0 Å². The van der Waals surface area contributed by atoms with Gasteiger partial charge < -0.3 is 10.8 Å². The lowest BCUT2D eigenvalue weighted by Gasteiger charge is -2.06. The number of hydrogen-bond acceptors (Lipinski definition) is 5. The van der Waals surface area contributed by atoms with E-state index in [2.05, 4.69) is 14.9 Å². The number of aromatic nitrogens is 2. The van der Waals surface area contributed by atoms with Crippen molar-refractivity contribution in [3.05, 3.63) is 41.6 Å². The van der Waals surface area contributed by atoms with Crippen LogP contribution in [0.4, 0.5) is 5.82 Å². The Bertz CT molecular complexity index is 413. The van der Waals surface area contributed by atoms with Gasteiger partial charge in [-0.05, 0) is 15.9 Å². The summed E-state index contributed by atoms with van der Waals surface area (Å²) in [5, 5.41) is 16.7. The highest BCUT2D eigenvalue weighted by Gasteiger charge is 2.18. The Kier molecular flexibility index (Phi) is 2.16. The quantitative estimate of drug-likeness (QED) is 0.731. The van der Waals surface area contributed by atoms with Crippen molar-refractivity contribution in [1.29, 1.82) is 0 Å². The molecule has 1 aromatic carbocycles. The normalized spacial score (nSPS) is 12.6. The predicted octanol–water partition coefficient (Wildman–Crippen LogP) is 0.734. The van der Waals surface area contributed by atoms with Crippen molar-refractivity contribution in [2.45, 2.75) is 6.10 Å². The van der Waals surface area contributed by atoms with Crippen LogP contribution in [0.3, 0.4) is 0 Å². The van der Waals surface area contributed by atoms with Gasteiger partial charge in [0, 0.05) is 0 Å². The number of nitrogens with zero attached hydrogens (tertiary/aromatic N) is 2. The van der Waals surface area contributed by atoms with Gasteiger partial charge in [0.1, 0.15) is 6.10 Å². The average molecular weight is 191 g/mol. The molecule has 0 spiro atoms. The maximum absolute atomic E-state index is 9.82. The van der Waals surface area contributed by atoms with Crippen LogP contribution < -0.4 is 5.73 Å². The summed E-state index contributed by atoms with van der Waals surface area (Å²) in [5.74, 6) is 0.112. The van der Waals surface area contributed by atoms with Gasteiger partial charge in [0.15, 0.2) is 11.5 Å². The summed E-state index contributed by atoms with van der Waals surface area (Å²) in [6.45, 7) is 0. The first kappa shape index (κ1) is 8.71. The van der Waals surface area contributed by atoms with Crippen LogP contribution in [0.1, 0.15) is 17.4 Å². The lowest BCUT2D eigenvalue weighted by atomic mass is 10.1. The summed E-state index contributed by atoms with van der Waals surface area (Å²) in [5.41, 5.74) is 6.40. The number of rotatable bonds is 2. The molecule has 0 aliphatic heterocycles. The molecule has 5 nitrogen and oxygen atoms in total. The molecule has 1 aromatic heterocycles. The first-order chi connectivity index (χ1) is 6.79. The molecule has 0 aliphatic carbocycles. The van der Waals surface area contributed by atoms with Crippen molar-refractivity contribution in [3.8, 4) is 0 Å². The van der Waals surface area contributed by atoms with Gasteiger partial charge in [-0.15, -0.1) is 0 Å². The molecule has 0 fully saturated rings. The minimum absolute atomic E-state index is 0.112. The molecule has 72 valence electrons. The highest BCUT2D eigenvalue weighted by atomic mass is 16.6. The Morgan fingerprint density at radius 3 is 2.50 bits per heavy atom. The molecule has 14 heavy (non-hydrogen) atoms. The summed E-state index contributed by atoms with van der Waals surface area (Å²) in [4.78, 5) is 0. The zero-order valence-corrected chi connectivity index (χ0v) is 7.29. The van der Waals surface area contributed by atoms with Gasteiger partial charge in [0.2, 0.25) is 0 Å². The number of anilines is 1. The van der Waals surface area contributed by atoms with Crippen molar-refractivity contribution in [2.75, 3.05) is 5.73 Å². The van der Waals surface area contributed by atoms with Crippen LogP contribution in [0.25, 0.3) is 0 Å². The average Bonchev–Trinajstić information content (AvgIpc) is 2.65. The Morgan fingerprint density at radius 1 is 1.21 bits per heavy atom. The largest absolute Gasteiger partial charge is 0.382 e. The second-order valence-electron chi connectivity index (χ2n) is 2.85. The number of hydrogen-bond donors (Lipinski definition) is 2. The van der Waals surface area contributed by atoms with E-state index in [9.17, 15) is 5.11 Å². The van der Waals surface area contributed by atoms with Crippen LogP contribution in [-0.4, -0.2) is 15.4 Å². The molecule has 0 radical (unpaired) electrons. The summed E-state index contributed by atoms with van der Waals surface area (Å²) >= 11 is 0. The summed E-state index contributed by atoms with van der Waals surface area (Å²) in [7, 11) is 0. The van der Waals surface area contributed by atoms with Gasteiger partial charge in [-0.3, -0.25) is 0 Å². The van der Waals surface area contributed by atoms with Crippen LogP contribution in [0, 0.1) is 0 Å². The molecule has 0 saturated carbocycles. The Morgan fingerprint density at radius 2 is 1.93 bits per heavy atom. The molecule has 0 amide bonds. The third-order valence-corrected chi connectivity index (χ3v) is 1.92. The van der Waals surface area contributed by atoms with E-state index in [0.717, 1.165) is 0 Å². The molecule has 2 aromatic rings. The zero-order chi connectivity index (χ0) is 9.97. The number of nitrogens with two attached hydrogens (primary N) is 1. The van der Waals surface area contributed by atoms with Crippen LogP contribution in [0.2, 0.25) is 0 Å². The van der Waals surface area contributed by atoms with Gasteiger partial charge in [-0.1, -0.05) is 30.3 Å². The lowest BCUT2D eigenvalue weighted by molar-refractivity contribution is 0.204. The smallest absolute Gasteiger partial charge is 0.194 e. The molecular formula is C9H9N3O2. The number of aliphatic hydroxyl groups excluding tert-OH is 1. The minimum atomic E-state index is -0.887. The lowest BCUT2D eigenvalue weighted by Crippen LogP contribution is -2.03. The van der Waals surface area contributed by atoms with E-state index >= 15 is 0 Å². The maximum atomic E-state index is 9.82. The van der Waals surface area contributed by atoms with Crippen molar-refractivity contribution in [2.24, 2.45) is 0 Å². The van der Waals surface area contributed by atoms with E-state index < -0.39 is 6.10 Å². The monoisotopic (exact) mass is 191 g/mol. The molecular weight excluding hydrogens is 182 g/mol. The van der Waals surface area contributed by atoms with E-state index in [0.29, 0.717) is 5.56 Å². The molecule has 0 saturated heterocycles. The van der Waals surface area contributed by atoms with Crippen molar-refractivity contribution in [1.82, 2.24) is 10.3 Å². The second-order valence-corrected chi connectivity index (χ2v) is 2.85. The van der Waals surface area contributed by atoms with Crippen LogP contribution in [0.15, 0.2) is 35.0 Å². The fourth-order valence-electron chi connectivity index (χ4n) is 1.19. The Hall–Kier alpha value is -1.88. The predicted molar refractivity (Wildman–Crippen MR) is 49.2 cm³/mol. The fraction of sp³-hybridized carbons (Fsp3) is 0.111. The third-order valence-electron chi connectivity index (χ3n) is 1.92. The molecule has 0 aliphatic rings. The Labute approximate surface area is 80.1 Å². The zero-order valence-electron chi connectivity index (χ0n) is 7.29. The molecule has 0 unspecified atom stereocenters. The van der Waals surface area contributed by atoms with Crippen molar-refractivity contribution >= 4 is 5.82 Å². The highest BCUT2D eigenvalue weighted by molar-refractivity contribution is 5.38. The van der Waals surface area contributed by atoms with E-state index in [1.54, 1.807) is 12.1 Å². The molecule has 0 bridgehead atoms. The minimum Gasteiger partial charge on any atom is -0.382 e. The molecule has 3 N–H and O–H groups in total. The number of aliphatic hydroxyl groups is 1. The highest BCUT2D eigenvalue weighted by Crippen LogP contribution is 2.22. The fourth-order valence-corrected chi connectivity index (χ4v) is 1.19. The van der Waals surface area contributed by atoms with Gasteiger partial charge in [0.25, 0.3) is 0 Å². The van der Waals surface area contributed by atoms with E-state index in [1.165, 1.54) is 0 Å². The van der Waals surface area contributed by atoms with Crippen LogP contribution >= 0.6 is 0 Å². The van der Waals surface area contributed by atoms with Crippen LogP contribution in [-0.2, 0) is 0 Å². The summed E-state index contributed by atoms with van der Waals surface area (Å²) in [6.07, 6.45) is -0.887. The molecule has 2 rings (SSSR count). The Balaban J connectivity index is 2.34. The third kappa shape index (κ3) is 1.45. The van der Waals surface area contributed by atoms with Crippen LogP contribution in [0.5, 0.6) is 0 Å². The number of nitrogen functional groups attached to an aromatic ring is 1. The molecule has 1 atom stereocenters. The second kappa shape index (κ2) is 3.47. The van der Waals surface area contributed by atoms with Crippen molar-refractivity contribution in [3.63, 3.8) is 0 Å². The standard InChI is InChI=1S/C9H9N3O2/c10-9-7(11-14-12-9)8(13)6-4-2-1-3-5-6/h1-5,8,13H,(H2,10,12)/t8-/m1/s1. The number of benzene rings is 1. The topological polar surface area (TPSA) is 85.2 Å². The van der Waals surface area contributed by atoms with Gasteiger partial charge in [-0.25, -0.2) is 4.63 Å². The SMILES string of the molecule is Nc1nonc1[C@H](O)c1ccccc1. The van der Waals surface area contributed by atoms with Gasteiger partial charge in [0.05, 0.1) is 0 Å². The van der Waals surface area contributed by atoms with Gasteiger partial charge in [-0.2, -0.15) is 0 Å². The molecule has 1 heterocycles. The first-order valence-electron chi connectivity index (χ1n) is 4.10. The molecule has 5 heteroatoms. The summed E-state index contributed by atoms with van der Waals surface area (Å²) < 4.78 is 4.40. The van der Waals surface area contributed by atoms with E-state index in [1.807, 2.05) is 18.2 Å². The first-order valence-corrected chi connectivity index (χ1v) is 4.10. The maximum Gasteiger partial charge on any atom is 0.194 e. The van der Waals surface area contributed by atoms with Crippen molar-refractivity contribution < 1.29 is 9.74 Å².